The molecule has 0 spiro atoms. The number of hydrogen-bond donors (Lipinski definition) is 1. The highest BCUT2D eigenvalue weighted by atomic mass is 32.2. The third-order valence-electron chi connectivity index (χ3n) is 5.58. The number of nitrogens with zero attached hydrogens (tertiary/aromatic N) is 1. The summed E-state index contributed by atoms with van der Waals surface area (Å²) in [5.41, 5.74) is 5.24. The molecule has 0 fully saturated rings. The Hall–Kier alpha value is -3.32. The van der Waals surface area contributed by atoms with Crippen molar-refractivity contribution < 1.29 is 17.2 Å². The van der Waals surface area contributed by atoms with Gasteiger partial charge in [-0.25, -0.2) is 17.2 Å². The summed E-state index contributed by atoms with van der Waals surface area (Å²) >= 11 is 0. The number of aromatic nitrogens is 2. The molecular formula is C24H18F2N2O2S. The first-order chi connectivity index (χ1) is 14.9. The molecule has 1 aliphatic heterocycles. The topological polar surface area (TPSA) is 62.8 Å². The SMILES string of the molecule is O=S1(=O)CCCc2cc(-c3cc(-c4ccncc4)c(-c4ccc(F)c(F)c4)[nH]3)ccc21. The van der Waals surface area contributed by atoms with E-state index in [1.54, 1.807) is 24.5 Å². The van der Waals surface area contributed by atoms with Gasteiger partial charge in [-0.05, 0) is 78.1 Å². The summed E-state index contributed by atoms with van der Waals surface area (Å²) in [5.74, 6) is -1.65. The summed E-state index contributed by atoms with van der Waals surface area (Å²) in [4.78, 5) is 7.77. The standard InChI is InChI=1S/C24H18F2N2O2S/c25-20-5-3-18(13-21(20)26)24-19(15-7-9-27-10-8-15)14-22(28-24)16-4-6-23-17(12-16)2-1-11-31(23,29)30/h3-10,12-14,28H,1-2,11H2. The van der Waals surface area contributed by atoms with Crippen LogP contribution in [0.3, 0.4) is 0 Å². The molecule has 0 aliphatic carbocycles. The zero-order valence-electron chi connectivity index (χ0n) is 16.4. The summed E-state index contributed by atoms with van der Waals surface area (Å²) in [6, 6.07) is 14.7. The van der Waals surface area contributed by atoms with Gasteiger partial charge in [0.1, 0.15) is 0 Å². The number of fused-ring (bicyclic) bond motifs is 1. The number of aryl methyl sites for hydroxylation is 1. The largest absolute Gasteiger partial charge is 0.354 e. The van der Waals surface area contributed by atoms with Gasteiger partial charge in [-0.3, -0.25) is 4.98 Å². The summed E-state index contributed by atoms with van der Waals surface area (Å²) in [5, 5.41) is 0. The van der Waals surface area contributed by atoms with Crippen LogP contribution >= 0.6 is 0 Å². The van der Waals surface area contributed by atoms with Gasteiger partial charge in [-0.1, -0.05) is 6.07 Å². The second-order valence-corrected chi connectivity index (χ2v) is 9.66. The summed E-state index contributed by atoms with van der Waals surface area (Å²) in [7, 11) is -3.23. The fourth-order valence-electron chi connectivity index (χ4n) is 4.06. The summed E-state index contributed by atoms with van der Waals surface area (Å²) < 4.78 is 52.1. The van der Waals surface area contributed by atoms with Gasteiger partial charge in [0.2, 0.25) is 0 Å². The maximum atomic E-state index is 13.9. The minimum absolute atomic E-state index is 0.175. The number of nitrogens with one attached hydrogen (secondary N) is 1. The number of benzene rings is 2. The average Bonchev–Trinajstić information content (AvgIpc) is 3.21. The molecule has 0 radical (unpaired) electrons. The lowest BCUT2D eigenvalue weighted by atomic mass is 10.0. The Morgan fingerprint density at radius 1 is 0.839 bits per heavy atom. The molecule has 0 saturated heterocycles. The molecule has 0 amide bonds. The Morgan fingerprint density at radius 3 is 2.39 bits per heavy atom. The Kier molecular flexibility index (Phi) is 4.70. The Labute approximate surface area is 178 Å². The van der Waals surface area contributed by atoms with Gasteiger partial charge in [0.25, 0.3) is 0 Å². The van der Waals surface area contributed by atoms with Crippen LogP contribution in [0.25, 0.3) is 33.6 Å². The van der Waals surface area contributed by atoms with Crippen molar-refractivity contribution in [2.75, 3.05) is 5.75 Å². The van der Waals surface area contributed by atoms with Gasteiger partial charge < -0.3 is 4.98 Å². The lowest BCUT2D eigenvalue weighted by Crippen LogP contribution is -2.15. The van der Waals surface area contributed by atoms with E-state index in [4.69, 9.17) is 0 Å². The van der Waals surface area contributed by atoms with Gasteiger partial charge in [-0.2, -0.15) is 0 Å². The molecule has 0 saturated carbocycles. The maximum absolute atomic E-state index is 13.9. The Morgan fingerprint density at radius 2 is 1.61 bits per heavy atom. The molecule has 4 aromatic rings. The number of aromatic amines is 1. The van der Waals surface area contributed by atoms with Crippen LogP contribution in [0.1, 0.15) is 12.0 Å². The fourth-order valence-corrected chi connectivity index (χ4v) is 5.64. The van der Waals surface area contributed by atoms with Crippen molar-refractivity contribution in [1.29, 1.82) is 0 Å². The monoisotopic (exact) mass is 436 g/mol. The minimum atomic E-state index is -3.23. The van der Waals surface area contributed by atoms with E-state index in [0.717, 1.165) is 40.1 Å². The van der Waals surface area contributed by atoms with E-state index in [2.05, 4.69) is 9.97 Å². The number of pyridine rings is 1. The molecule has 1 aliphatic rings. The van der Waals surface area contributed by atoms with Crippen molar-refractivity contribution in [3.8, 4) is 33.6 Å². The van der Waals surface area contributed by atoms with Crippen LogP contribution in [-0.2, 0) is 16.3 Å². The molecule has 0 bridgehead atoms. The van der Waals surface area contributed by atoms with Crippen LogP contribution < -0.4 is 0 Å². The van der Waals surface area contributed by atoms with Crippen molar-refractivity contribution in [2.45, 2.75) is 17.7 Å². The van der Waals surface area contributed by atoms with Gasteiger partial charge in [0.15, 0.2) is 21.5 Å². The van der Waals surface area contributed by atoms with E-state index in [1.165, 1.54) is 6.07 Å². The molecule has 2 aromatic heterocycles. The predicted molar refractivity (Wildman–Crippen MR) is 115 cm³/mol. The predicted octanol–water partition coefficient (Wildman–Crippen LogP) is 5.41. The molecule has 156 valence electrons. The molecule has 4 nitrogen and oxygen atoms in total. The quantitative estimate of drug-likeness (QED) is 0.467. The smallest absolute Gasteiger partial charge is 0.178 e. The van der Waals surface area contributed by atoms with Gasteiger partial charge >= 0.3 is 0 Å². The van der Waals surface area contributed by atoms with Crippen LogP contribution in [-0.4, -0.2) is 24.1 Å². The summed E-state index contributed by atoms with van der Waals surface area (Å²) in [6.45, 7) is 0. The van der Waals surface area contributed by atoms with Crippen molar-refractivity contribution in [3.05, 3.63) is 84.2 Å². The molecule has 3 heterocycles. The lowest BCUT2D eigenvalue weighted by Gasteiger charge is -2.16. The van der Waals surface area contributed by atoms with Crippen LogP contribution in [0.5, 0.6) is 0 Å². The minimum Gasteiger partial charge on any atom is -0.354 e. The normalized spacial score (nSPS) is 14.9. The molecular weight excluding hydrogens is 418 g/mol. The number of halogens is 2. The van der Waals surface area contributed by atoms with E-state index in [1.807, 2.05) is 24.3 Å². The van der Waals surface area contributed by atoms with Crippen molar-refractivity contribution in [1.82, 2.24) is 9.97 Å². The van der Waals surface area contributed by atoms with E-state index >= 15 is 0 Å². The first kappa shape index (κ1) is 19.6. The van der Waals surface area contributed by atoms with Crippen molar-refractivity contribution in [2.24, 2.45) is 0 Å². The highest BCUT2D eigenvalue weighted by molar-refractivity contribution is 7.91. The highest BCUT2D eigenvalue weighted by Gasteiger charge is 2.24. The van der Waals surface area contributed by atoms with E-state index in [9.17, 15) is 17.2 Å². The molecule has 0 atom stereocenters. The zero-order chi connectivity index (χ0) is 21.6. The Bertz CT molecular complexity index is 1400. The molecule has 1 N–H and O–H groups in total. The van der Waals surface area contributed by atoms with Crippen LogP contribution in [0.2, 0.25) is 0 Å². The molecule has 5 rings (SSSR count). The van der Waals surface area contributed by atoms with Crippen molar-refractivity contribution >= 4 is 9.84 Å². The number of hydrogen-bond acceptors (Lipinski definition) is 3. The van der Waals surface area contributed by atoms with E-state index in [-0.39, 0.29) is 5.75 Å². The Balaban J connectivity index is 1.67. The van der Waals surface area contributed by atoms with Crippen LogP contribution in [0.15, 0.2) is 71.9 Å². The second kappa shape index (κ2) is 7.42. The fraction of sp³-hybridized carbons (Fsp3) is 0.125. The van der Waals surface area contributed by atoms with Gasteiger partial charge in [0.05, 0.1) is 16.3 Å². The van der Waals surface area contributed by atoms with Gasteiger partial charge in [-0.15, -0.1) is 0 Å². The first-order valence-electron chi connectivity index (χ1n) is 9.87. The van der Waals surface area contributed by atoms with Crippen LogP contribution in [0.4, 0.5) is 8.78 Å². The highest BCUT2D eigenvalue weighted by Crippen LogP contribution is 2.37. The maximum Gasteiger partial charge on any atom is 0.178 e. The third-order valence-corrected chi connectivity index (χ3v) is 7.48. The second-order valence-electron chi connectivity index (χ2n) is 7.58. The molecule has 0 unspecified atom stereocenters. The molecule has 31 heavy (non-hydrogen) atoms. The van der Waals surface area contributed by atoms with Crippen LogP contribution in [0, 0.1) is 11.6 Å². The zero-order valence-corrected chi connectivity index (χ0v) is 17.2. The molecule has 7 heteroatoms. The molecule has 2 aromatic carbocycles. The van der Waals surface area contributed by atoms with E-state index in [0.29, 0.717) is 29.0 Å². The number of H-pyrrole nitrogens is 1. The van der Waals surface area contributed by atoms with Crippen molar-refractivity contribution in [3.63, 3.8) is 0 Å². The van der Waals surface area contributed by atoms with Gasteiger partial charge in [0, 0.05) is 29.2 Å². The number of rotatable bonds is 3. The first-order valence-corrected chi connectivity index (χ1v) is 11.5. The number of sulfone groups is 1. The average molecular weight is 436 g/mol. The summed E-state index contributed by atoms with van der Waals surface area (Å²) in [6.07, 6.45) is 4.64. The lowest BCUT2D eigenvalue weighted by molar-refractivity contribution is 0.509. The third kappa shape index (κ3) is 3.55. The van der Waals surface area contributed by atoms with E-state index < -0.39 is 21.5 Å².